The van der Waals surface area contributed by atoms with E-state index in [4.69, 9.17) is 21.8 Å². The number of benzene rings is 1. The fourth-order valence-electron chi connectivity index (χ4n) is 2.70. The summed E-state index contributed by atoms with van der Waals surface area (Å²) in [6.07, 6.45) is 4.32. The van der Waals surface area contributed by atoms with Crippen LogP contribution in [0.5, 0.6) is 0 Å². The quantitative estimate of drug-likeness (QED) is 0.825. The standard InChI is InChI=1S/C16H20ClN3O.2ClH/c1-20(14(8-18)11-5-6-11)10-16-19-9-15(21-16)12-3-2-4-13(17)7-12;;/h2-4,7,9,11,14H,5-6,8,10,18H2,1H3;2*1H. The predicted octanol–water partition coefficient (Wildman–Crippen LogP) is 4.01. The van der Waals surface area contributed by atoms with Crippen molar-refractivity contribution in [3.05, 3.63) is 41.4 Å². The summed E-state index contributed by atoms with van der Waals surface area (Å²) >= 11 is 6.00. The van der Waals surface area contributed by atoms with E-state index in [9.17, 15) is 0 Å². The first-order chi connectivity index (χ1) is 10.2. The maximum absolute atomic E-state index is 6.00. The Morgan fingerprint density at radius 2 is 2.13 bits per heavy atom. The Labute approximate surface area is 154 Å². The zero-order valence-electron chi connectivity index (χ0n) is 12.9. The highest BCUT2D eigenvalue weighted by Crippen LogP contribution is 2.35. The van der Waals surface area contributed by atoms with E-state index in [1.54, 1.807) is 6.20 Å². The van der Waals surface area contributed by atoms with E-state index in [1.165, 1.54) is 12.8 Å². The van der Waals surface area contributed by atoms with Gasteiger partial charge >= 0.3 is 0 Å². The number of nitrogens with zero attached hydrogens (tertiary/aromatic N) is 2. The summed E-state index contributed by atoms with van der Waals surface area (Å²) < 4.78 is 5.84. The molecule has 2 N–H and O–H groups in total. The van der Waals surface area contributed by atoms with E-state index in [-0.39, 0.29) is 24.8 Å². The van der Waals surface area contributed by atoms with Gasteiger partial charge in [0.1, 0.15) is 0 Å². The molecule has 4 nitrogen and oxygen atoms in total. The van der Waals surface area contributed by atoms with Gasteiger partial charge in [0.15, 0.2) is 5.76 Å². The Hall–Kier alpha value is -0.780. The largest absolute Gasteiger partial charge is 0.439 e. The lowest BCUT2D eigenvalue weighted by atomic mass is 10.1. The summed E-state index contributed by atoms with van der Waals surface area (Å²) in [6.45, 7) is 1.36. The monoisotopic (exact) mass is 377 g/mol. The maximum atomic E-state index is 6.00. The van der Waals surface area contributed by atoms with E-state index in [0.717, 1.165) is 17.2 Å². The van der Waals surface area contributed by atoms with E-state index in [2.05, 4.69) is 16.9 Å². The van der Waals surface area contributed by atoms with Gasteiger partial charge in [-0.05, 0) is 37.9 Å². The van der Waals surface area contributed by atoms with Gasteiger partial charge in [-0.3, -0.25) is 4.90 Å². The molecule has 1 heterocycles. The second-order valence-corrected chi connectivity index (χ2v) is 6.12. The molecule has 1 fully saturated rings. The van der Waals surface area contributed by atoms with Crippen LogP contribution in [0.1, 0.15) is 18.7 Å². The van der Waals surface area contributed by atoms with Crippen molar-refractivity contribution < 1.29 is 4.42 Å². The lowest BCUT2D eigenvalue weighted by Crippen LogP contribution is -2.39. The molecule has 0 bridgehead atoms. The number of likely N-dealkylation sites (N-methyl/N-ethyl adjacent to an activating group) is 1. The summed E-state index contributed by atoms with van der Waals surface area (Å²) in [5.41, 5.74) is 6.82. The molecule has 0 aliphatic heterocycles. The zero-order valence-corrected chi connectivity index (χ0v) is 15.3. The Balaban J connectivity index is 0.00000132. The molecule has 0 radical (unpaired) electrons. The van der Waals surface area contributed by atoms with Crippen molar-refractivity contribution in [2.24, 2.45) is 11.7 Å². The van der Waals surface area contributed by atoms with Gasteiger partial charge in [-0.15, -0.1) is 24.8 Å². The number of oxazole rings is 1. The molecule has 0 saturated heterocycles. The average Bonchev–Trinajstić information content (AvgIpc) is 3.18. The van der Waals surface area contributed by atoms with Crippen molar-refractivity contribution in [3.63, 3.8) is 0 Å². The Morgan fingerprint density at radius 1 is 1.39 bits per heavy atom. The third-order valence-corrected chi connectivity index (χ3v) is 4.26. The molecule has 1 aliphatic carbocycles. The summed E-state index contributed by atoms with van der Waals surface area (Å²) in [6, 6.07) is 8.02. The van der Waals surface area contributed by atoms with Crippen LogP contribution < -0.4 is 5.73 Å². The first-order valence-electron chi connectivity index (χ1n) is 7.28. The zero-order chi connectivity index (χ0) is 14.8. The third-order valence-electron chi connectivity index (χ3n) is 4.02. The minimum absolute atomic E-state index is 0. The van der Waals surface area contributed by atoms with Crippen LogP contribution in [-0.4, -0.2) is 29.5 Å². The van der Waals surface area contributed by atoms with Crippen LogP contribution in [0.2, 0.25) is 5.02 Å². The second kappa shape index (κ2) is 8.90. The molecular weight excluding hydrogens is 357 g/mol. The van der Waals surface area contributed by atoms with E-state index in [0.29, 0.717) is 30.0 Å². The molecule has 1 aromatic heterocycles. The molecule has 1 saturated carbocycles. The minimum Gasteiger partial charge on any atom is -0.439 e. The van der Waals surface area contributed by atoms with Gasteiger partial charge in [-0.1, -0.05) is 23.7 Å². The fourth-order valence-corrected chi connectivity index (χ4v) is 2.89. The SMILES string of the molecule is CN(Cc1ncc(-c2cccc(Cl)c2)o1)C(CN)C1CC1.Cl.Cl. The summed E-state index contributed by atoms with van der Waals surface area (Å²) in [5.74, 6) is 2.20. The van der Waals surface area contributed by atoms with E-state index >= 15 is 0 Å². The van der Waals surface area contributed by atoms with Crippen molar-refractivity contribution in [2.75, 3.05) is 13.6 Å². The number of hydrogen-bond donors (Lipinski definition) is 1. The molecule has 128 valence electrons. The van der Waals surface area contributed by atoms with E-state index in [1.807, 2.05) is 24.3 Å². The summed E-state index contributed by atoms with van der Waals surface area (Å²) in [7, 11) is 2.08. The van der Waals surface area contributed by atoms with Crippen molar-refractivity contribution in [1.82, 2.24) is 9.88 Å². The highest BCUT2D eigenvalue weighted by molar-refractivity contribution is 6.30. The highest BCUT2D eigenvalue weighted by Gasteiger charge is 2.33. The van der Waals surface area contributed by atoms with E-state index < -0.39 is 0 Å². The molecule has 1 aliphatic rings. The van der Waals surface area contributed by atoms with Crippen LogP contribution >= 0.6 is 36.4 Å². The van der Waals surface area contributed by atoms with Crippen LogP contribution in [0.4, 0.5) is 0 Å². The highest BCUT2D eigenvalue weighted by atomic mass is 35.5. The molecule has 2 aromatic rings. The molecule has 1 atom stereocenters. The van der Waals surface area contributed by atoms with Crippen molar-refractivity contribution in [1.29, 1.82) is 0 Å². The molecule has 7 heteroatoms. The Kier molecular flexibility index (Phi) is 7.84. The molecule has 0 amide bonds. The fraction of sp³-hybridized carbons (Fsp3) is 0.438. The molecule has 1 unspecified atom stereocenters. The molecule has 3 rings (SSSR count). The number of aromatic nitrogens is 1. The molecular formula is C16H22Cl3N3O. The van der Waals surface area contributed by atoms with Crippen LogP contribution in [-0.2, 0) is 6.54 Å². The van der Waals surface area contributed by atoms with Crippen molar-refractivity contribution in [2.45, 2.75) is 25.4 Å². The molecule has 23 heavy (non-hydrogen) atoms. The average molecular weight is 379 g/mol. The second-order valence-electron chi connectivity index (χ2n) is 5.68. The van der Waals surface area contributed by atoms with Gasteiger partial charge < -0.3 is 10.2 Å². The Bertz CT molecular complexity index is 616. The lowest BCUT2D eigenvalue weighted by molar-refractivity contribution is 0.197. The normalized spacial score (nSPS) is 15.0. The maximum Gasteiger partial charge on any atom is 0.209 e. The van der Waals surface area contributed by atoms with Crippen LogP contribution in [0.15, 0.2) is 34.9 Å². The van der Waals surface area contributed by atoms with Gasteiger partial charge in [-0.2, -0.15) is 0 Å². The summed E-state index contributed by atoms with van der Waals surface area (Å²) in [5, 5.41) is 0.694. The smallest absolute Gasteiger partial charge is 0.209 e. The van der Waals surface area contributed by atoms with Crippen LogP contribution in [0.3, 0.4) is 0 Å². The van der Waals surface area contributed by atoms with Gasteiger partial charge in [-0.25, -0.2) is 4.98 Å². The lowest BCUT2D eigenvalue weighted by Gasteiger charge is -2.25. The number of nitrogens with two attached hydrogens (primary N) is 1. The van der Waals surface area contributed by atoms with Crippen LogP contribution in [0.25, 0.3) is 11.3 Å². The molecule has 1 aromatic carbocycles. The van der Waals surface area contributed by atoms with Crippen molar-refractivity contribution >= 4 is 36.4 Å². The Morgan fingerprint density at radius 3 is 2.74 bits per heavy atom. The first-order valence-corrected chi connectivity index (χ1v) is 7.66. The van der Waals surface area contributed by atoms with Gasteiger partial charge in [0.25, 0.3) is 0 Å². The number of hydrogen-bond acceptors (Lipinski definition) is 4. The minimum atomic E-state index is 0. The molecule has 0 spiro atoms. The van der Waals surface area contributed by atoms with Gasteiger partial charge in [0, 0.05) is 23.2 Å². The number of rotatable bonds is 6. The van der Waals surface area contributed by atoms with Gasteiger partial charge in [0.2, 0.25) is 5.89 Å². The van der Waals surface area contributed by atoms with Crippen LogP contribution in [0, 0.1) is 5.92 Å². The third kappa shape index (κ3) is 5.10. The van der Waals surface area contributed by atoms with Gasteiger partial charge in [0.05, 0.1) is 12.7 Å². The topological polar surface area (TPSA) is 55.3 Å². The summed E-state index contributed by atoms with van der Waals surface area (Å²) in [4.78, 5) is 6.61. The first kappa shape index (κ1) is 20.3. The predicted molar refractivity (Wildman–Crippen MR) is 98.5 cm³/mol. The number of halogens is 3. The van der Waals surface area contributed by atoms with Crippen molar-refractivity contribution in [3.8, 4) is 11.3 Å².